The lowest BCUT2D eigenvalue weighted by Crippen LogP contribution is -2.59. The molecule has 1 aromatic carbocycles. The summed E-state index contributed by atoms with van der Waals surface area (Å²) < 4.78 is -0.723. The Labute approximate surface area is 256 Å². The van der Waals surface area contributed by atoms with Gasteiger partial charge >= 0.3 is 0 Å². The van der Waals surface area contributed by atoms with E-state index in [1.54, 1.807) is 28.8 Å². The number of aliphatic hydroxyl groups is 1. The first-order chi connectivity index (χ1) is 20.3. The van der Waals surface area contributed by atoms with E-state index in [0.29, 0.717) is 32.6 Å². The molecule has 3 fully saturated rings. The highest BCUT2D eigenvalue weighted by atomic mass is 32.2. The van der Waals surface area contributed by atoms with Crippen LogP contribution in [-0.2, 0) is 20.8 Å². The van der Waals surface area contributed by atoms with Crippen LogP contribution in [0.15, 0.2) is 55.6 Å². The Balaban J connectivity index is 1.80. The van der Waals surface area contributed by atoms with E-state index >= 15 is 0 Å². The molecular formula is C34H49N3O4S. The fraction of sp³-hybridized carbons (Fsp3) is 0.618. The molecule has 3 aliphatic rings. The molecule has 3 heterocycles. The summed E-state index contributed by atoms with van der Waals surface area (Å²) in [5.41, 5.74) is 0.994. The van der Waals surface area contributed by atoms with Crippen molar-refractivity contribution in [3.05, 3.63) is 61.2 Å². The Morgan fingerprint density at radius 3 is 2.33 bits per heavy atom. The first kappa shape index (κ1) is 32.3. The van der Waals surface area contributed by atoms with Gasteiger partial charge in [-0.25, -0.2) is 0 Å². The summed E-state index contributed by atoms with van der Waals surface area (Å²) >= 11 is 1.70. The highest BCUT2D eigenvalue weighted by Crippen LogP contribution is 2.69. The molecule has 230 valence electrons. The Bertz CT molecular complexity index is 1130. The fourth-order valence-corrected chi connectivity index (χ4v) is 10.0. The van der Waals surface area contributed by atoms with E-state index < -0.39 is 28.7 Å². The molecule has 3 amide bonds. The van der Waals surface area contributed by atoms with Crippen LogP contribution >= 0.6 is 11.8 Å². The number of carbonyl (C=O) groups excluding carboxylic acids is 3. The minimum Gasteiger partial charge on any atom is -0.394 e. The molecule has 4 rings (SSSR count). The summed E-state index contributed by atoms with van der Waals surface area (Å²) in [6, 6.07) is 8.48. The fourth-order valence-electron chi connectivity index (χ4n) is 7.65. The van der Waals surface area contributed by atoms with Crippen molar-refractivity contribution in [3.63, 3.8) is 0 Å². The number of carbonyl (C=O) groups is 3. The largest absolute Gasteiger partial charge is 0.394 e. The van der Waals surface area contributed by atoms with Crippen LogP contribution in [0.25, 0.3) is 0 Å². The van der Waals surface area contributed by atoms with Crippen LogP contribution in [0, 0.1) is 17.8 Å². The molecule has 0 saturated carbocycles. The quantitative estimate of drug-likeness (QED) is 0.224. The summed E-state index contributed by atoms with van der Waals surface area (Å²) in [6.07, 6.45) is 8.46. The zero-order chi connectivity index (χ0) is 30.4. The zero-order valence-corrected chi connectivity index (χ0v) is 26.4. The highest BCUT2D eigenvalue weighted by Gasteiger charge is 2.77. The number of rotatable bonds is 16. The van der Waals surface area contributed by atoms with Crippen molar-refractivity contribution in [1.29, 1.82) is 0 Å². The normalized spacial score (nSPS) is 28.4. The predicted molar refractivity (Wildman–Crippen MR) is 170 cm³/mol. The highest BCUT2D eigenvalue weighted by molar-refractivity contribution is 8.02. The maximum absolute atomic E-state index is 14.7. The molecule has 1 aromatic rings. The van der Waals surface area contributed by atoms with Crippen molar-refractivity contribution < 1.29 is 19.5 Å². The van der Waals surface area contributed by atoms with Crippen LogP contribution in [0.2, 0.25) is 0 Å². The van der Waals surface area contributed by atoms with Gasteiger partial charge in [0.2, 0.25) is 17.7 Å². The first-order valence-electron chi connectivity index (χ1n) is 15.7. The van der Waals surface area contributed by atoms with Crippen LogP contribution in [0.1, 0.15) is 58.4 Å². The third-order valence-corrected chi connectivity index (χ3v) is 11.5. The Kier molecular flexibility index (Phi) is 11.0. The molecule has 8 heteroatoms. The molecule has 0 radical (unpaired) electrons. The van der Waals surface area contributed by atoms with Gasteiger partial charge in [0, 0.05) is 31.4 Å². The van der Waals surface area contributed by atoms with E-state index in [1.807, 2.05) is 47.1 Å². The average Bonchev–Trinajstić information content (AvgIpc) is 3.59. The molecule has 7 nitrogen and oxygen atoms in total. The molecule has 3 unspecified atom stereocenters. The Morgan fingerprint density at radius 2 is 1.74 bits per heavy atom. The van der Waals surface area contributed by atoms with Crippen LogP contribution < -0.4 is 0 Å². The maximum Gasteiger partial charge on any atom is 0.247 e. The number of nitrogens with zero attached hydrogens (tertiary/aromatic N) is 3. The SMILES string of the molecule is C=CCN(CCCCC)C(=O)C1N([C@@H](CO)Cc2ccccc2)C(=O)[C@@H]2[C@@H](C(=O)N(CC=C)CCC)[C@H]3CC(C)C12S3. The molecule has 2 bridgehead atoms. The van der Waals surface area contributed by atoms with E-state index in [4.69, 9.17) is 0 Å². The standard InChI is InChI=1S/C34H49N3O4S/c1-6-10-14-20-36(19-9-4)33(41)30-34-24(5)21-27(42-34)28(31(39)35(17-7-2)18-8-3)29(34)32(40)37(30)26(23-38)22-25-15-12-11-13-16-25/h7,9,11-13,15-16,24,26-30,38H,2,4,6,8,10,14,17-23H2,1,3,5H3/t24?,26-,27-,28+,29+,30?,34?/m1/s1. The van der Waals surface area contributed by atoms with Crippen molar-refractivity contribution >= 4 is 29.5 Å². The van der Waals surface area contributed by atoms with Gasteiger partial charge in [-0.1, -0.05) is 76.1 Å². The summed E-state index contributed by atoms with van der Waals surface area (Å²) in [5, 5.41) is 10.7. The monoisotopic (exact) mass is 595 g/mol. The average molecular weight is 596 g/mol. The minimum absolute atomic E-state index is 0.0103. The molecule has 7 atom stereocenters. The van der Waals surface area contributed by atoms with Crippen LogP contribution in [0.3, 0.4) is 0 Å². The topological polar surface area (TPSA) is 81.2 Å². The number of benzene rings is 1. The first-order valence-corrected chi connectivity index (χ1v) is 16.6. The maximum atomic E-state index is 14.7. The smallest absolute Gasteiger partial charge is 0.247 e. The molecule has 1 N–H and O–H groups in total. The second-order valence-electron chi connectivity index (χ2n) is 12.2. The predicted octanol–water partition coefficient (Wildman–Crippen LogP) is 4.56. The van der Waals surface area contributed by atoms with Gasteiger partial charge in [0.25, 0.3) is 0 Å². The minimum atomic E-state index is -0.751. The van der Waals surface area contributed by atoms with Gasteiger partial charge in [-0.2, -0.15) is 0 Å². The molecule has 0 aliphatic carbocycles. The number of hydrogen-bond acceptors (Lipinski definition) is 5. The van der Waals surface area contributed by atoms with E-state index in [-0.39, 0.29) is 35.5 Å². The lowest BCUT2D eigenvalue weighted by Gasteiger charge is -2.42. The number of amides is 3. The van der Waals surface area contributed by atoms with Crippen molar-refractivity contribution in [2.75, 3.05) is 32.8 Å². The van der Waals surface area contributed by atoms with Gasteiger partial charge < -0.3 is 19.8 Å². The van der Waals surface area contributed by atoms with Gasteiger partial charge in [0.05, 0.1) is 29.2 Å². The molecule has 1 spiro atoms. The van der Waals surface area contributed by atoms with E-state index in [1.165, 1.54) is 0 Å². The van der Waals surface area contributed by atoms with Gasteiger partial charge in [-0.15, -0.1) is 24.9 Å². The van der Waals surface area contributed by atoms with Crippen molar-refractivity contribution in [2.45, 2.75) is 81.4 Å². The number of fused-ring (bicyclic) bond motifs is 1. The van der Waals surface area contributed by atoms with Gasteiger partial charge in [-0.3, -0.25) is 14.4 Å². The van der Waals surface area contributed by atoms with E-state index in [9.17, 15) is 19.5 Å². The number of thioether (sulfide) groups is 1. The third-order valence-electron chi connectivity index (χ3n) is 9.47. The molecule has 3 saturated heterocycles. The van der Waals surface area contributed by atoms with Crippen molar-refractivity contribution in [2.24, 2.45) is 17.8 Å². The number of aliphatic hydroxyl groups excluding tert-OH is 1. The van der Waals surface area contributed by atoms with Crippen molar-refractivity contribution in [3.8, 4) is 0 Å². The van der Waals surface area contributed by atoms with Crippen LogP contribution in [0.5, 0.6) is 0 Å². The Hall–Kier alpha value is -2.58. The summed E-state index contributed by atoms with van der Waals surface area (Å²) in [7, 11) is 0. The zero-order valence-electron chi connectivity index (χ0n) is 25.6. The summed E-state index contributed by atoms with van der Waals surface area (Å²) in [5.74, 6) is -1.28. The summed E-state index contributed by atoms with van der Waals surface area (Å²) in [6.45, 7) is 15.9. The second-order valence-corrected chi connectivity index (χ2v) is 13.7. The summed E-state index contributed by atoms with van der Waals surface area (Å²) in [4.78, 5) is 49.0. The lowest BCUT2D eigenvalue weighted by atomic mass is 9.65. The van der Waals surface area contributed by atoms with E-state index in [0.717, 1.165) is 37.7 Å². The van der Waals surface area contributed by atoms with Gasteiger partial charge in [0.15, 0.2) is 0 Å². The number of hydrogen-bond donors (Lipinski definition) is 1. The second kappa shape index (κ2) is 14.3. The van der Waals surface area contributed by atoms with E-state index in [2.05, 4.69) is 27.0 Å². The van der Waals surface area contributed by atoms with Crippen LogP contribution in [-0.4, -0.2) is 92.4 Å². The van der Waals surface area contributed by atoms with Gasteiger partial charge in [-0.05, 0) is 37.2 Å². The molecule has 42 heavy (non-hydrogen) atoms. The van der Waals surface area contributed by atoms with Crippen LogP contribution in [0.4, 0.5) is 0 Å². The van der Waals surface area contributed by atoms with Gasteiger partial charge in [0.1, 0.15) is 6.04 Å². The van der Waals surface area contributed by atoms with Crippen molar-refractivity contribution in [1.82, 2.24) is 14.7 Å². The lowest BCUT2D eigenvalue weighted by molar-refractivity contribution is -0.147. The number of likely N-dealkylation sites (tertiary alicyclic amines) is 1. The molecule has 0 aromatic heterocycles. The molecular weight excluding hydrogens is 546 g/mol. The Morgan fingerprint density at radius 1 is 1.07 bits per heavy atom. The molecule has 3 aliphatic heterocycles. The third kappa shape index (κ3) is 5.81. The number of unbranched alkanes of at least 4 members (excludes halogenated alkanes) is 2.